The van der Waals surface area contributed by atoms with Crippen LogP contribution in [0.4, 0.5) is 4.79 Å². The average molecular weight is 164 g/mol. The summed E-state index contributed by atoms with van der Waals surface area (Å²) in [4.78, 5) is 20.5. The maximum atomic E-state index is 10.6. The van der Waals surface area contributed by atoms with E-state index < -0.39 is 5.71 Å². The topological polar surface area (TPSA) is 63.6 Å². The summed E-state index contributed by atoms with van der Waals surface area (Å²) in [5.74, 6) is -0.164. The molecule has 0 radical (unpaired) electrons. The van der Waals surface area contributed by atoms with Crippen LogP contribution in [0.2, 0.25) is 0 Å². The van der Waals surface area contributed by atoms with Gasteiger partial charge in [0, 0.05) is 21.9 Å². The monoisotopic (exact) mass is 164 g/mol. The molecule has 5 heteroatoms. The van der Waals surface area contributed by atoms with Crippen LogP contribution in [0.15, 0.2) is 0 Å². The molecule has 0 aliphatic heterocycles. The summed E-state index contributed by atoms with van der Waals surface area (Å²) < 4.78 is 4.50. The van der Waals surface area contributed by atoms with Crippen LogP contribution in [-0.2, 0) is 9.53 Å². The highest BCUT2D eigenvalue weighted by Gasteiger charge is 2.03. The summed E-state index contributed by atoms with van der Waals surface area (Å²) in [6.45, 7) is 0.0142. The van der Waals surface area contributed by atoms with E-state index in [1.807, 2.05) is 0 Å². The summed E-state index contributed by atoms with van der Waals surface area (Å²) in [6.07, 6.45) is 0.0865. The van der Waals surface area contributed by atoms with E-state index in [-0.39, 0.29) is 27.1 Å². The lowest BCUT2D eigenvalue weighted by atomic mass is 10.5. The van der Waals surface area contributed by atoms with Crippen molar-refractivity contribution < 1.29 is 19.4 Å². The van der Waals surface area contributed by atoms with Gasteiger partial charge < -0.3 is 9.84 Å². The van der Waals surface area contributed by atoms with Gasteiger partial charge in [-0.15, -0.1) is 0 Å². The minimum absolute atomic E-state index is 0.0142. The Morgan fingerprint density at radius 2 is 2.20 bits per heavy atom. The van der Waals surface area contributed by atoms with Gasteiger partial charge in [-0.3, -0.25) is 4.79 Å². The number of ketones is 1. The third-order valence-corrected chi connectivity index (χ3v) is 1.62. The van der Waals surface area contributed by atoms with Crippen molar-refractivity contribution >= 4 is 20.1 Å². The lowest BCUT2D eigenvalue weighted by molar-refractivity contribution is -0.120. The molecule has 0 aromatic rings. The van der Waals surface area contributed by atoms with Gasteiger partial charge >= 0.3 is 5.71 Å². The number of hydrogen-bond acceptors (Lipinski definition) is 3. The fourth-order valence-electron chi connectivity index (χ4n) is 0.386. The maximum Gasteiger partial charge on any atom is 0.320 e. The SMILES string of the molecule is COCC(=O)CPC(=O)O. The van der Waals surface area contributed by atoms with Crippen LogP contribution in [0.1, 0.15) is 0 Å². The highest BCUT2D eigenvalue weighted by molar-refractivity contribution is 7.57. The second-order valence-corrected chi connectivity index (χ2v) is 2.77. The Balaban J connectivity index is 3.30. The van der Waals surface area contributed by atoms with Crippen molar-refractivity contribution in [3.63, 3.8) is 0 Å². The molecule has 0 rings (SSSR count). The van der Waals surface area contributed by atoms with E-state index >= 15 is 0 Å². The maximum absolute atomic E-state index is 10.6. The highest BCUT2D eigenvalue weighted by atomic mass is 31.1. The van der Waals surface area contributed by atoms with Crippen molar-refractivity contribution in [1.82, 2.24) is 0 Å². The Hall–Kier alpha value is -0.470. The summed E-state index contributed by atoms with van der Waals surface area (Å²) in [6, 6.07) is 0. The summed E-state index contributed by atoms with van der Waals surface area (Å²) in [7, 11) is 1.07. The summed E-state index contributed by atoms with van der Waals surface area (Å²) >= 11 is 0. The minimum Gasteiger partial charge on any atom is -0.478 e. The van der Waals surface area contributed by atoms with E-state index in [0.717, 1.165) is 0 Å². The van der Waals surface area contributed by atoms with E-state index in [0.29, 0.717) is 0 Å². The first kappa shape index (κ1) is 9.53. The molecule has 0 aromatic heterocycles. The standard InChI is InChI=1S/C5H9O4P/c1-9-2-4(6)3-10-5(7)8/h10H,2-3H2,1H3,(H,7,8). The lowest BCUT2D eigenvalue weighted by Crippen LogP contribution is -2.09. The highest BCUT2D eigenvalue weighted by Crippen LogP contribution is 2.09. The Morgan fingerprint density at radius 3 is 2.60 bits per heavy atom. The van der Waals surface area contributed by atoms with E-state index in [2.05, 4.69) is 4.74 Å². The number of methoxy groups -OCH3 is 1. The third kappa shape index (κ3) is 5.66. The largest absolute Gasteiger partial charge is 0.478 e. The first-order valence-corrected chi connectivity index (χ1v) is 3.85. The molecule has 0 aromatic carbocycles. The molecule has 4 nitrogen and oxygen atoms in total. The van der Waals surface area contributed by atoms with Crippen LogP contribution < -0.4 is 0 Å². The number of carboxylic acid groups (broad SMARTS) is 1. The van der Waals surface area contributed by atoms with Gasteiger partial charge in [-0.1, -0.05) is 0 Å². The Bertz CT molecular complexity index is 134. The van der Waals surface area contributed by atoms with Crippen molar-refractivity contribution in [2.24, 2.45) is 0 Å². The molecule has 0 fully saturated rings. The number of hydrogen-bond donors (Lipinski definition) is 1. The third-order valence-electron chi connectivity index (χ3n) is 0.742. The van der Waals surface area contributed by atoms with Crippen LogP contribution in [0.3, 0.4) is 0 Å². The van der Waals surface area contributed by atoms with Crippen LogP contribution in [0, 0.1) is 0 Å². The molecule has 1 unspecified atom stereocenters. The molecule has 0 spiro atoms. The second-order valence-electron chi connectivity index (χ2n) is 1.63. The van der Waals surface area contributed by atoms with Gasteiger partial charge in [0.2, 0.25) is 0 Å². The van der Waals surface area contributed by atoms with Crippen molar-refractivity contribution in [3.05, 3.63) is 0 Å². The molecule has 0 aliphatic rings. The zero-order chi connectivity index (χ0) is 7.98. The molecule has 0 aliphatic carbocycles. The zero-order valence-electron chi connectivity index (χ0n) is 5.59. The molecule has 0 saturated heterocycles. The molecule has 1 N–H and O–H groups in total. The molecule has 0 bridgehead atoms. The number of carbonyl (C=O) groups excluding carboxylic acids is 1. The van der Waals surface area contributed by atoms with E-state index in [4.69, 9.17) is 5.11 Å². The molecular weight excluding hydrogens is 155 g/mol. The van der Waals surface area contributed by atoms with Crippen LogP contribution in [0.5, 0.6) is 0 Å². The Morgan fingerprint density at radius 1 is 1.60 bits per heavy atom. The zero-order valence-corrected chi connectivity index (χ0v) is 6.59. The van der Waals surface area contributed by atoms with E-state index in [1.165, 1.54) is 7.11 Å². The van der Waals surface area contributed by atoms with Gasteiger partial charge in [0.1, 0.15) is 6.61 Å². The van der Waals surface area contributed by atoms with Crippen molar-refractivity contribution in [2.75, 3.05) is 19.9 Å². The van der Waals surface area contributed by atoms with Crippen molar-refractivity contribution in [1.29, 1.82) is 0 Å². The van der Waals surface area contributed by atoms with Gasteiger partial charge in [-0.25, -0.2) is 4.79 Å². The lowest BCUT2D eigenvalue weighted by Gasteiger charge is -1.94. The van der Waals surface area contributed by atoms with E-state index in [9.17, 15) is 9.59 Å². The number of Topliss-reactive ketones (excluding diaryl/α,β-unsaturated/α-hetero) is 1. The Labute approximate surface area is 60.3 Å². The molecule has 58 valence electrons. The summed E-state index contributed by atoms with van der Waals surface area (Å²) in [5.41, 5.74) is -0.926. The normalized spacial score (nSPS) is 10.5. The fourth-order valence-corrected chi connectivity index (χ4v) is 0.837. The smallest absolute Gasteiger partial charge is 0.320 e. The van der Waals surface area contributed by atoms with Crippen LogP contribution >= 0.6 is 8.58 Å². The van der Waals surface area contributed by atoms with Gasteiger partial charge in [-0.2, -0.15) is 0 Å². The number of ether oxygens (including phenoxy) is 1. The van der Waals surface area contributed by atoms with E-state index in [1.54, 1.807) is 0 Å². The molecular formula is C5H9O4P. The van der Waals surface area contributed by atoms with Gasteiger partial charge in [0.05, 0.1) is 0 Å². The molecule has 0 amide bonds. The molecule has 1 atom stereocenters. The predicted octanol–water partition coefficient (Wildman–Crippen LogP) is 0.558. The number of rotatable bonds is 5. The second kappa shape index (κ2) is 5.33. The Kier molecular flexibility index (Phi) is 5.08. The molecule has 0 heterocycles. The van der Waals surface area contributed by atoms with Crippen LogP contribution in [-0.4, -0.2) is 36.5 Å². The number of carbonyl (C=O) groups is 2. The van der Waals surface area contributed by atoms with Crippen molar-refractivity contribution in [3.8, 4) is 0 Å². The van der Waals surface area contributed by atoms with Crippen molar-refractivity contribution in [2.45, 2.75) is 0 Å². The predicted molar refractivity (Wildman–Crippen MR) is 38.1 cm³/mol. The first-order valence-electron chi connectivity index (χ1n) is 2.64. The van der Waals surface area contributed by atoms with Gasteiger partial charge in [-0.05, 0) is 0 Å². The first-order chi connectivity index (χ1) is 4.66. The summed E-state index contributed by atoms with van der Waals surface area (Å²) in [5, 5.41) is 8.15. The fraction of sp³-hybridized carbons (Fsp3) is 0.600. The molecule has 0 saturated carbocycles. The average Bonchev–Trinajstić information content (AvgIpc) is 1.85. The van der Waals surface area contributed by atoms with Gasteiger partial charge in [0.15, 0.2) is 5.78 Å². The van der Waals surface area contributed by atoms with Crippen LogP contribution in [0.25, 0.3) is 0 Å². The quantitative estimate of drug-likeness (QED) is 0.603. The minimum atomic E-state index is -0.926. The van der Waals surface area contributed by atoms with Gasteiger partial charge in [0.25, 0.3) is 0 Å². The molecule has 10 heavy (non-hydrogen) atoms.